The van der Waals surface area contributed by atoms with Crippen LogP contribution in [0.2, 0.25) is 0 Å². The predicted molar refractivity (Wildman–Crippen MR) is 87.2 cm³/mol. The molecular formula is C16H18N2O4S. The van der Waals surface area contributed by atoms with E-state index in [1.54, 1.807) is 18.2 Å². The van der Waals surface area contributed by atoms with Gasteiger partial charge in [-0.15, -0.1) is 0 Å². The standard InChI is InChI=1S/C16H18N2O4S/c1-16(2,3)14-10-12(6-9-15(14)19)18-17-11-4-7-13(8-5-11)23(20,21)22/h4-10,19H,1-3H3,(H,20,21,22). The van der Waals surface area contributed by atoms with Gasteiger partial charge in [-0.25, -0.2) is 0 Å². The van der Waals surface area contributed by atoms with Crippen LogP contribution in [0.1, 0.15) is 26.3 Å². The van der Waals surface area contributed by atoms with Crippen LogP contribution in [0.25, 0.3) is 0 Å². The highest BCUT2D eigenvalue weighted by atomic mass is 32.2. The van der Waals surface area contributed by atoms with Crippen LogP contribution in [0.3, 0.4) is 0 Å². The molecule has 0 aliphatic carbocycles. The molecular weight excluding hydrogens is 316 g/mol. The lowest BCUT2D eigenvalue weighted by Gasteiger charge is -2.20. The number of phenols is 1. The molecule has 0 radical (unpaired) electrons. The highest BCUT2D eigenvalue weighted by Crippen LogP contribution is 2.34. The molecule has 0 aromatic heterocycles. The number of hydrogen-bond donors (Lipinski definition) is 2. The molecule has 0 saturated carbocycles. The first-order valence-corrected chi connectivity index (χ1v) is 8.34. The normalized spacial score (nSPS) is 12.7. The van der Waals surface area contributed by atoms with Gasteiger partial charge in [-0.05, 0) is 47.9 Å². The van der Waals surface area contributed by atoms with Gasteiger partial charge in [-0.1, -0.05) is 20.8 Å². The molecule has 6 nitrogen and oxygen atoms in total. The van der Waals surface area contributed by atoms with Crippen LogP contribution >= 0.6 is 0 Å². The Labute approximate surface area is 135 Å². The summed E-state index contributed by atoms with van der Waals surface area (Å²) in [5.41, 5.74) is 1.55. The van der Waals surface area contributed by atoms with E-state index in [4.69, 9.17) is 4.55 Å². The Morgan fingerprint density at radius 2 is 1.43 bits per heavy atom. The summed E-state index contributed by atoms with van der Waals surface area (Å²) in [6, 6.07) is 10.3. The van der Waals surface area contributed by atoms with E-state index < -0.39 is 10.1 Å². The lowest BCUT2D eigenvalue weighted by molar-refractivity contribution is 0.447. The molecule has 7 heteroatoms. The zero-order chi connectivity index (χ0) is 17.3. The number of aromatic hydroxyl groups is 1. The van der Waals surface area contributed by atoms with Crippen molar-refractivity contribution >= 4 is 21.5 Å². The summed E-state index contributed by atoms with van der Waals surface area (Å²) < 4.78 is 30.8. The molecule has 122 valence electrons. The summed E-state index contributed by atoms with van der Waals surface area (Å²) in [7, 11) is -4.21. The largest absolute Gasteiger partial charge is 0.508 e. The summed E-state index contributed by atoms with van der Waals surface area (Å²) in [6.45, 7) is 5.95. The minimum atomic E-state index is -4.21. The van der Waals surface area contributed by atoms with E-state index in [0.29, 0.717) is 11.4 Å². The van der Waals surface area contributed by atoms with Crippen molar-refractivity contribution in [3.8, 4) is 5.75 Å². The molecule has 2 rings (SSSR count). The Kier molecular flexibility index (Phi) is 4.53. The van der Waals surface area contributed by atoms with E-state index >= 15 is 0 Å². The lowest BCUT2D eigenvalue weighted by Crippen LogP contribution is -2.10. The molecule has 2 aromatic rings. The van der Waals surface area contributed by atoms with E-state index in [1.807, 2.05) is 20.8 Å². The van der Waals surface area contributed by atoms with Crippen molar-refractivity contribution in [3.63, 3.8) is 0 Å². The first-order chi connectivity index (χ1) is 10.6. The van der Waals surface area contributed by atoms with Crippen LogP contribution in [0, 0.1) is 0 Å². The average Bonchev–Trinajstić information content (AvgIpc) is 2.44. The second-order valence-corrected chi connectivity index (χ2v) is 7.54. The van der Waals surface area contributed by atoms with Gasteiger partial charge in [0.05, 0.1) is 16.3 Å². The maximum atomic E-state index is 11.0. The average molecular weight is 334 g/mol. The van der Waals surface area contributed by atoms with Crippen molar-refractivity contribution in [2.24, 2.45) is 10.2 Å². The Morgan fingerprint density at radius 1 is 0.913 bits per heavy atom. The van der Waals surface area contributed by atoms with Gasteiger partial charge in [0.2, 0.25) is 0 Å². The van der Waals surface area contributed by atoms with E-state index in [9.17, 15) is 13.5 Å². The van der Waals surface area contributed by atoms with Crippen LogP contribution < -0.4 is 0 Å². The lowest BCUT2D eigenvalue weighted by atomic mass is 9.86. The number of azo groups is 1. The topological polar surface area (TPSA) is 99.3 Å². The van der Waals surface area contributed by atoms with Gasteiger partial charge in [-0.3, -0.25) is 4.55 Å². The molecule has 0 spiro atoms. The monoisotopic (exact) mass is 334 g/mol. The number of benzene rings is 2. The second-order valence-electron chi connectivity index (χ2n) is 6.12. The maximum Gasteiger partial charge on any atom is 0.294 e. The smallest absolute Gasteiger partial charge is 0.294 e. The minimum Gasteiger partial charge on any atom is -0.508 e. The third-order valence-corrected chi connectivity index (χ3v) is 4.07. The van der Waals surface area contributed by atoms with Crippen LogP contribution in [0.5, 0.6) is 5.75 Å². The summed E-state index contributed by atoms with van der Waals surface area (Å²) >= 11 is 0. The molecule has 2 N–H and O–H groups in total. The zero-order valence-electron chi connectivity index (χ0n) is 13.1. The van der Waals surface area contributed by atoms with Crippen molar-refractivity contribution in [1.82, 2.24) is 0 Å². The second kappa shape index (κ2) is 6.10. The summed E-state index contributed by atoms with van der Waals surface area (Å²) in [5.74, 6) is 0.203. The van der Waals surface area contributed by atoms with Gasteiger partial charge < -0.3 is 5.11 Å². The van der Waals surface area contributed by atoms with Crippen LogP contribution in [-0.4, -0.2) is 18.1 Å². The molecule has 0 atom stereocenters. The van der Waals surface area contributed by atoms with Crippen LogP contribution in [0.4, 0.5) is 11.4 Å². The Hall–Kier alpha value is -2.25. The quantitative estimate of drug-likeness (QED) is 0.643. The molecule has 0 bridgehead atoms. The van der Waals surface area contributed by atoms with Gasteiger partial charge in [0, 0.05) is 5.56 Å². The van der Waals surface area contributed by atoms with Crippen molar-refractivity contribution in [1.29, 1.82) is 0 Å². The highest BCUT2D eigenvalue weighted by molar-refractivity contribution is 7.85. The molecule has 2 aromatic carbocycles. The number of rotatable bonds is 3. The van der Waals surface area contributed by atoms with Gasteiger partial charge in [0.15, 0.2) is 0 Å². The molecule has 0 saturated heterocycles. The fourth-order valence-electron chi connectivity index (χ4n) is 1.99. The maximum absolute atomic E-state index is 11.0. The Morgan fingerprint density at radius 3 is 1.96 bits per heavy atom. The third-order valence-electron chi connectivity index (χ3n) is 3.20. The summed E-state index contributed by atoms with van der Waals surface area (Å²) in [6.07, 6.45) is 0. The van der Waals surface area contributed by atoms with E-state index in [2.05, 4.69) is 10.2 Å². The predicted octanol–water partition coefficient (Wildman–Crippen LogP) is 4.35. The van der Waals surface area contributed by atoms with Crippen LogP contribution in [0.15, 0.2) is 57.6 Å². The molecule has 0 heterocycles. The molecule has 23 heavy (non-hydrogen) atoms. The first kappa shape index (κ1) is 17.1. The molecule has 0 unspecified atom stereocenters. The van der Waals surface area contributed by atoms with Gasteiger partial charge >= 0.3 is 0 Å². The van der Waals surface area contributed by atoms with E-state index in [-0.39, 0.29) is 16.1 Å². The van der Waals surface area contributed by atoms with Crippen molar-refractivity contribution in [3.05, 3.63) is 48.0 Å². The number of hydrogen-bond acceptors (Lipinski definition) is 5. The van der Waals surface area contributed by atoms with E-state index in [0.717, 1.165) is 5.56 Å². The number of nitrogens with zero attached hydrogens (tertiary/aromatic N) is 2. The van der Waals surface area contributed by atoms with Crippen molar-refractivity contribution < 1.29 is 18.1 Å². The van der Waals surface area contributed by atoms with Crippen LogP contribution in [-0.2, 0) is 15.5 Å². The molecule has 0 aliphatic heterocycles. The fourth-order valence-corrected chi connectivity index (χ4v) is 2.47. The molecule has 0 amide bonds. The summed E-state index contributed by atoms with van der Waals surface area (Å²) in [4.78, 5) is -0.198. The highest BCUT2D eigenvalue weighted by Gasteiger charge is 2.18. The van der Waals surface area contributed by atoms with E-state index in [1.165, 1.54) is 24.3 Å². The third kappa shape index (κ3) is 4.37. The van der Waals surface area contributed by atoms with Gasteiger partial charge in [-0.2, -0.15) is 18.6 Å². The van der Waals surface area contributed by atoms with Gasteiger partial charge in [0.25, 0.3) is 10.1 Å². The Bertz CT molecular complexity index is 835. The number of phenolic OH excluding ortho intramolecular Hbond substituents is 1. The van der Waals surface area contributed by atoms with Gasteiger partial charge in [0.1, 0.15) is 5.75 Å². The SMILES string of the molecule is CC(C)(C)c1cc(N=Nc2ccc(S(=O)(=O)O)cc2)ccc1O. The zero-order valence-corrected chi connectivity index (χ0v) is 13.9. The fraction of sp³-hybridized carbons (Fsp3) is 0.250. The van der Waals surface area contributed by atoms with Crippen molar-refractivity contribution in [2.75, 3.05) is 0 Å². The minimum absolute atomic E-state index is 0.198. The molecule has 0 aliphatic rings. The first-order valence-electron chi connectivity index (χ1n) is 6.90. The van der Waals surface area contributed by atoms with Crippen molar-refractivity contribution in [2.45, 2.75) is 31.1 Å². The summed E-state index contributed by atoms with van der Waals surface area (Å²) in [5, 5.41) is 18.0. The Balaban J connectivity index is 2.27. The molecule has 0 fully saturated rings.